The van der Waals surface area contributed by atoms with Gasteiger partial charge in [0, 0.05) is 66.2 Å². The van der Waals surface area contributed by atoms with Crippen LogP contribution in [0.2, 0.25) is 0 Å². The number of Topliss-reactive ketones (excluding diaryl/α,β-unsaturated/α-hetero) is 1. The third-order valence-corrected chi connectivity index (χ3v) is 16.2. The Labute approximate surface area is 430 Å². The third-order valence-electron chi connectivity index (χ3n) is 16.2. The van der Waals surface area contributed by atoms with E-state index in [4.69, 9.17) is 23.7 Å². The zero-order valence-electron chi connectivity index (χ0n) is 42.3. The van der Waals surface area contributed by atoms with Gasteiger partial charge in [0.05, 0.1) is 30.8 Å². The average Bonchev–Trinajstić information content (AvgIpc) is 3.40. The summed E-state index contributed by atoms with van der Waals surface area (Å²) in [6, 6.07) is 40.9. The van der Waals surface area contributed by atoms with Crippen LogP contribution >= 0.6 is 0 Å². The maximum absolute atomic E-state index is 16.3. The number of aliphatic hydroxyl groups is 2. The van der Waals surface area contributed by atoms with Crippen LogP contribution in [0.4, 0.5) is 0 Å². The lowest BCUT2D eigenvalue weighted by Gasteiger charge is -2.68. The highest BCUT2D eigenvalue weighted by atomic mass is 16.6. The maximum atomic E-state index is 16.3. The summed E-state index contributed by atoms with van der Waals surface area (Å²) in [6.45, 7) is 7.68. The highest BCUT2D eigenvalue weighted by Gasteiger charge is 2.78. The number of ether oxygens (including phenoxy) is 5. The fraction of sp³-hybridized carbons (Fsp3) is 0.377. The van der Waals surface area contributed by atoms with E-state index in [9.17, 15) is 34.2 Å². The normalized spacial score (nSPS) is 27.7. The second-order valence-corrected chi connectivity index (χ2v) is 20.9. The number of fused-ring (bicyclic) bond motifs is 5. The highest BCUT2D eigenvalue weighted by Crippen LogP contribution is 2.65. The third kappa shape index (κ3) is 9.58. The zero-order valence-corrected chi connectivity index (χ0v) is 42.3. The number of aliphatic hydroxyl groups excluding tert-OH is 1. The molecule has 4 aliphatic rings. The molecule has 13 heteroatoms. The summed E-state index contributed by atoms with van der Waals surface area (Å²) in [7, 11) is 0. The van der Waals surface area contributed by atoms with E-state index in [0.717, 1.165) is 16.7 Å². The smallest absolute Gasteiger partial charge is 0.307 e. The van der Waals surface area contributed by atoms with Gasteiger partial charge in [-0.2, -0.15) is 0 Å². The van der Waals surface area contributed by atoms with Crippen LogP contribution in [0.3, 0.4) is 0 Å². The lowest BCUT2D eigenvalue weighted by atomic mass is 9.44. The Morgan fingerprint density at radius 3 is 1.64 bits per heavy atom. The summed E-state index contributed by atoms with van der Waals surface area (Å²) in [5, 5.41) is 25.7. The van der Waals surface area contributed by atoms with Gasteiger partial charge >= 0.3 is 17.9 Å². The molecule has 3 aliphatic carbocycles. The number of aryl methyl sites for hydroxylation is 2. The Hall–Kier alpha value is -6.90. The molecule has 1 heterocycles. The van der Waals surface area contributed by atoms with Crippen LogP contribution in [0.25, 0.3) is 0 Å². The zero-order chi connectivity index (χ0) is 52.6. The van der Waals surface area contributed by atoms with Gasteiger partial charge in [0.15, 0.2) is 29.1 Å². The van der Waals surface area contributed by atoms with Crippen LogP contribution < -0.4 is 0 Å². The van der Waals surface area contributed by atoms with Crippen LogP contribution in [0.1, 0.15) is 109 Å². The van der Waals surface area contributed by atoms with Crippen molar-refractivity contribution in [2.45, 2.75) is 121 Å². The Morgan fingerprint density at radius 2 is 1.15 bits per heavy atom. The average molecular weight is 1000 g/mol. The van der Waals surface area contributed by atoms with Crippen molar-refractivity contribution in [3.8, 4) is 0 Å². The molecule has 2 saturated carbocycles. The number of hydrogen-bond acceptors (Lipinski definition) is 13. The van der Waals surface area contributed by atoms with Crippen molar-refractivity contribution in [3.05, 3.63) is 190 Å². The molecule has 1 aliphatic heterocycles. The predicted octanol–water partition coefficient (Wildman–Crippen LogP) is 8.27. The number of carbonyl (C=O) groups excluding carboxylic acids is 6. The topological polar surface area (TPSA) is 189 Å². The Kier molecular flexibility index (Phi) is 14.6. The number of esters is 3. The van der Waals surface area contributed by atoms with Gasteiger partial charge in [-0.1, -0.05) is 153 Å². The van der Waals surface area contributed by atoms with Gasteiger partial charge < -0.3 is 33.9 Å². The quantitative estimate of drug-likeness (QED) is 0.0416. The predicted molar refractivity (Wildman–Crippen MR) is 272 cm³/mol. The lowest BCUT2D eigenvalue weighted by Crippen LogP contribution is -2.82. The molecule has 3 fully saturated rings. The van der Waals surface area contributed by atoms with E-state index in [1.807, 2.05) is 42.5 Å². The number of ketones is 3. The molecule has 0 amide bonds. The van der Waals surface area contributed by atoms with Crippen LogP contribution in [-0.4, -0.2) is 93.8 Å². The summed E-state index contributed by atoms with van der Waals surface area (Å²) >= 11 is 0. The molecule has 5 aromatic rings. The second-order valence-electron chi connectivity index (χ2n) is 20.9. The molecule has 0 spiro atoms. The van der Waals surface area contributed by atoms with Gasteiger partial charge in [0.25, 0.3) is 0 Å². The molecule has 0 radical (unpaired) electrons. The summed E-state index contributed by atoms with van der Waals surface area (Å²) < 4.78 is 32.3. The molecule has 9 atom stereocenters. The molecule has 13 nitrogen and oxygen atoms in total. The van der Waals surface area contributed by atoms with Crippen LogP contribution in [-0.2, 0) is 62.3 Å². The summed E-state index contributed by atoms with van der Waals surface area (Å²) in [4.78, 5) is 84.6. The summed E-state index contributed by atoms with van der Waals surface area (Å²) in [6.07, 6.45) is -6.98. The molecule has 2 N–H and O–H groups in total. The van der Waals surface area contributed by atoms with Crippen molar-refractivity contribution in [2.24, 2.45) is 16.7 Å². The van der Waals surface area contributed by atoms with Gasteiger partial charge in [0.1, 0.15) is 17.8 Å². The van der Waals surface area contributed by atoms with Crippen molar-refractivity contribution < 1.29 is 62.7 Å². The maximum Gasteiger partial charge on any atom is 0.307 e. The van der Waals surface area contributed by atoms with Gasteiger partial charge in [-0.15, -0.1) is 0 Å². The van der Waals surface area contributed by atoms with Crippen LogP contribution in [0.15, 0.2) is 151 Å². The molecule has 0 aromatic heterocycles. The Bertz CT molecular complexity index is 2950. The molecule has 2 bridgehead atoms. The molecular formula is C61H62O13. The molecular weight excluding hydrogens is 941 g/mol. The lowest BCUT2D eigenvalue weighted by molar-refractivity contribution is -0.352. The van der Waals surface area contributed by atoms with Crippen LogP contribution in [0.5, 0.6) is 0 Å². The minimum atomic E-state index is -2.06. The number of carbonyl (C=O) groups is 6. The van der Waals surface area contributed by atoms with Gasteiger partial charge in [-0.05, 0) is 54.5 Å². The van der Waals surface area contributed by atoms with E-state index in [2.05, 4.69) is 0 Å². The van der Waals surface area contributed by atoms with Crippen molar-refractivity contribution in [1.82, 2.24) is 0 Å². The monoisotopic (exact) mass is 1000 g/mol. The van der Waals surface area contributed by atoms with Crippen molar-refractivity contribution in [1.29, 1.82) is 0 Å². The Morgan fingerprint density at radius 1 is 0.662 bits per heavy atom. The minimum absolute atomic E-state index is 0.0690. The standard InChI is InChI=1S/C61H62O13/c1-37-46(63)34-61(69)57(70-35-41-15-9-6-10-16-41)55-59(5,56(68)54(51(37)58(61,3)4)73-50(65)32-26-40-23-29-45(30-24-40)53(67)43-19-13-8-14-20-43)47(33-48-60(55,36-71-48)74-38(2)62)72-49(64)31-25-39-21-27-44(28-22-39)52(66)42-17-11-7-12-18-42/h6-24,27-30,46-48,54-55,57,63,69H,25-26,31-36H2,1-5H3/t46-,47-,48+,54+,55-,57-,59+,60-,61+/m0/s1. The summed E-state index contributed by atoms with van der Waals surface area (Å²) in [5.41, 5.74) is -2.27. The van der Waals surface area contributed by atoms with Crippen molar-refractivity contribution in [2.75, 3.05) is 6.61 Å². The van der Waals surface area contributed by atoms with E-state index in [-0.39, 0.29) is 68.9 Å². The second kappa shape index (κ2) is 20.8. The van der Waals surface area contributed by atoms with Crippen LogP contribution in [0, 0.1) is 16.7 Å². The van der Waals surface area contributed by atoms with E-state index in [0.29, 0.717) is 27.8 Å². The molecule has 9 rings (SSSR count). The van der Waals surface area contributed by atoms with Crippen molar-refractivity contribution in [3.63, 3.8) is 0 Å². The van der Waals surface area contributed by atoms with Crippen molar-refractivity contribution >= 4 is 35.3 Å². The van der Waals surface area contributed by atoms with Gasteiger partial charge in [0.2, 0.25) is 0 Å². The number of hydrogen-bond donors (Lipinski definition) is 2. The first kappa shape index (κ1) is 52.0. The number of rotatable bonds is 16. The highest BCUT2D eigenvalue weighted by molar-refractivity contribution is 6.09. The van der Waals surface area contributed by atoms with Gasteiger partial charge in [-0.25, -0.2) is 0 Å². The van der Waals surface area contributed by atoms with E-state index < -0.39 is 82.2 Å². The minimum Gasteiger partial charge on any atom is -0.461 e. The van der Waals surface area contributed by atoms with Gasteiger partial charge in [-0.3, -0.25) is 28.8 Å². The van der Waals surface area contributed by atoms with E-state index in [1.165, 1.54) is 6.92 Å². The molecule has 74 heavy (non-hydrogen) atoms. The fourth-order valence-corrected chi connectivity index (χ4v) is 12.0. The first-order valence-corrected chi connectivity index (χ1v) is 25.3. The first-order chi connectivity index (χ1) is 35.4. The molecule has 0 unspecified atom stereocenters. The van der Waals surface area contributed by atoms with E-state index in [1.54, 1.807) is 125 Å². The Balaban J connectivity index is 1.07. The fourth-order valence-electron chi connectivity index (χ4n) is 12.0. The summed E-state index contributed by atoms with van der Waals surface area (Å²) in [5.74, 6) is -4.40. The molecule has 1 saturated heterocycles. The van der Waals surface area contributed by atoms with E-state index >= 15 is 4.79 Å². The first-order valence-electron chi connectivity index (χ1n) is 25.3. The molecule has 384 valence electrons. The molecule has 5 aromatic carbocycles. The SMILES string of the molecule is CC(=O)O[C@@]12CO[C@@H]1C[C@H](OC(=O)CCc1ccc(C(=O)c3ccccc3)cc1)[C@@]1(C)C(=O)[C@H](OC(=O)CCc3ccc(C(=O)c4ccccc4)cc3)C3=C(C)[C@@H](O)C[C@@](O)([C@@H](OCc4ccccc4)[C@H]21)C3(C)C. The number of benzene rings is 5. The largest absolute Gasteiger partial charge is 0.461 e.